The van der Waals surface area contributed by atoms with E-state index in [1.165, 1.54) is 36.8 Å². The Hall–Kier alpha value is -1.77. The van der Waals surface area contributed by atoms with E-state index in [0.29, 0.717) is 11.6 Å². The Kier molecular flexibility index (Phi) is 3.51. The molecule has 1 amide bonds. The third kappa shape index (κ3) is 2.58. The third-order valence-electron chi connectivity index (χ3n) is 4.36. The zero-order chi connectivity index (χ0) is 14.1. The first-order valence-electron chi connectivity index (χ1n) is 7.51. The van der Waals surface area contributed by atoms with Gasteiger partial charge in [0.05, 0.1) is 0 Å². The molecule has 0 bridgehead atoms. The highest BCUT2D eigenvalue weighted by molar-refractivity contribution is 5.98. The summed E-state index contributed by atoms with van der Waals surface area (Å²) in [4.78, 5) is 15.5. The summed E-state index contributed by atoms with van der Waals surface area (Å²) in [5, 5.41) is 4.21. The van der Waals surface area contributed by atoms with Crippen molar-refractivity contribution in [2.45, 2.75) is 39.5 Å². The monoisotopic (exact) mass is 270 g/mol. The quantitative estimate of drug-likeness (QED) is 0.877. The van der Waals surface area contributed by atoms with Gasteiger partial charge in [0.25, 0.3) is 5.91 Å². The predicted molar refractivity (Wildman–Crippen MR) is 82.1 cm³/mol. The molecular formula is C17H22N2O. The number of hydrogen-bond donors (Lipinski definition) is 2. The molecule has 2 aromatic rings. The molecule has 0 radical (unpaired) electrons. The molecule has 0 spiro atoms. The Morgan fingerprint density at radius 3 is 2.75 bits per heavy atom. The second-order valence-electron chi connectivity index (χ2n) is 6.09. The number of carbonyl (C=O) groups is 1. The van der Waals surface area contributed by atoms with E-state index < -0.39 is 0 Å². The Morgan fingerprint density at radius 2 is 2.00 bits per heavy atom. The SMILES string of the molecule is Cc1cc(C)c2cc(C(=O)NCC3CCCC3)[nH]c2c1. The van der Waals surface area contributed by atoms with Crippen molar-refractivity contribution in [1.29, 1.82) is 0 Å². The van der Waals surface area contributed by atoms with Crippen molar-refractivity contribution >= 4 is 16.8 Å². The average molecular weight is 270 g/mol. The van der Waals surface area contributed by atoms with Crippen molar-refractivity contribution < 1.29 is 4.79 Å². The van der Waals surface area contributed by atoms with Gasteiger partial charge in [-0.2, -0.15) is 0 Å². The van der Waals surface area contributed by atoms with E-state index in [0.717, 1.165) is 17.4 Å². The molecule has 1 aromatic carbocycles. The number of aromatic nitrogens is 1. The normalized spacial score (nSPS) is 15.9. The number of aryl methyl sites for hydroxylation is 2. The zero-order valence-electron chi connectivity index (χ0n) is 12.3. The molecule has 1 saturated carbocycles. The lowest BCUT2D eigenvalue weighted by Crippen LogP contribution is -2.28. The second kappa shape index (κ2) is 5.31. The lowest BCUT2D eigenvalue weighted by molar-refractivity contribution is 0.0943. The summed E-state index contributed by atoms with van der Waals surface area (Å²) in [5.74, 6) is 0.692. The number of benzene rings is 1. The first kappa shape index (κ1) is 13.2. The van der Waals surface area contributed by atoms with Crippen LogP contribution < -0.4 is 5.32 Å². The van der Waals surface area contributed by atoms with Crippen LogP contribution in [0.25, 0.3) is 10.9 Å². The number of fused-ring (bicyclic) bond motifs is 1. The van der Waals surface area contributed by atoms with Crippen molar-refractivity contribution in [1.82, 2.24) is 10.3 Å². The average Bonchev–Trinajstić information content (AvgIpc) is 3.04. The van der Waals surface area contributed by atoms with Gasteiger partial charge in [0.1, 0.15) is 5.69 Å². The number of hydrogen-bond acceptors (Lipinski definition) is 1. The van der Waals surface area contributed by atoms with E-state index in [1.807, 2.05) is 6.07 Å². The van der Waals surface area contributed by atoms with Gasteiger partial charge >= 0.3 is 0 Å². The van der Waals surface area contributed by atoms with Crippen LogP contribution in [-0.4, -0.2) is 17.4 Å². The van der Waals surface area contributed by atoms with Crippen molar-refractivity contribution in [3.63, 3.8) is 0 Å². The molecule has 0 atom stereocenters. The fourth-order valence-corrected chi connectivity index (χ4v) is 3.27. The van der Waals surface area contributed by atoms with Gasteiger partial charge in [0.2, 0.25) is 0 Å². The summed E-state index contributed by atoms with van der Waals surface area (Å²) < 4.78 is 0. The van der Waals surface area contributed by atoms with Gasteiger partial charge in [-0.1, -0.05) is 18.9 Å². The molecule has 20 heavy (non-hydrogen) atoms. The van der Waals surface area contributed by atoms with E-state index in [9.17, 15) is 4.79 Å². The van der Waals surface area contributed by atoms with Crippen molar-refractivity contribution in [2.24, 2.45) is 5.92 Å². The largest absolute Gasteiger partial charge is 0.351 e. The van der Waals surface area contributed by atoms with Crippen LogP contribution in [0, 0.1) is 19.8 Å². The number of amides is 1. The van der Waals surface area contributed by atoms with Crippen molar-refractivity contribution in [3.05, 3.63) is 35.0 Å². The number of H-pyrrole nitrogens is 1. The molecule has 1 aliphatic carbocycles. The maximum atomic E-state index is 12.2. The van der Waals surface area contributed by atoms with E-state index in [2.05, 4.69) is 36.3 Å². The van der Waals surface area contributed by atoms with Crippen LogP contribution in [0.2, 0.25) is 0 Å². The van der Waals surface area contributed by atoms with Crippen LogP contribution in [0.3, 0.4) is 0 Å². The van der Waals surface area contributed by atoms with Gasteiger partial charge in [-0.25, -0.2) is 0 Å². The van der Waals surface area contributed by atoms with Crippen molar-refractivity contribution in [2.75, 3.05) is 6.54 Å². The van der Waals surface area contributed by atoms with Gasteiger partial charge in [-0.05, 0) is 55.9 Å². The molecule has 0 aliphatic heterocycles. The maximum Gasteiger partial charge on any atom is 0.267 e. The van der Waals surface area contributed by atoms with Crippen molar-refractivity contribution in [3.8, 4) is 0 Å². The molecule has 1 fully saturated rings. The Labute approximate surface area is 119 Å². The Morgan fingerprint density at radius 1 is 1.25 bits per heavy atom. The molecule has 2 N–H and O–H groups in total. The van der Waals surface area contributed by atoms with Crippen LogP contribution in [0.5, 0.6) is 0 Å². The standard InChI is InChI=1S/C17H22N2O/c1-11-7-12(2)14-9-16(19-15(14)8-11)17(20)18-10-13-5-3-4-6-13/h7-9,13,19H,3-6,10H2,1-2H3,(H,18,20). The molecule has 0 saturated heterocycles. The van der Waals surface area contributed by atoms with Crippen LogP contribution in [0.1, 0.15) is 47.3 Å². The summed E-state index contributed by atoms with van der Waals surface area (Å²) in [5.41, 5.74) is 4.15. The summed E-state index contributed by atoms with van der Waals surface area (Å²) in [6.45, 7) is 4.97. The molecule has 3 heteroatoms. The molecule has 1 heterocycles. The smallest absolute Gasteiger partial charge is 0.267 e. The van der Waals surface area contributed by atoms with Crippen LogP contribution >= 0.6 is 0 Å². The molecular weight excluding hydrogens is 248 g/mol. The molecule has 3 nitrogen and oxygen atoms in total. The van der Waals surface area contributed by atoms with Crippen LogP contribution in [0.4, 0.5) is 0 Å². The lowest BCUT2D eigenvalue weighted by atomic mass is 10.1. The van der Waals surface area contributed by atoms with Gasteiger partial charge in [0, 0.05) is 17.4 Å². The summed E-state index contributed by atoms with van der Waals surface area (Å²) in [6, 6.07) is 6.21. The highest BCUT2D eigenvalue weighted by Crippen LogP contribution is 2.24. The van der Waals surface area contributed by atoms with Crippen LogP contribution in [-0.2, 0) is 0 Å². The van der Waals surface area contributed by atoms with E-state index in [1.54, 1.807) is 0 Å². The fourth-order valence-electron chi connectivity index (χ4n) is 3.27. The highest BCUT2D eigenvalue weighted by atomic mass is 16.1. The number of nitrogens with one attached hydrogen (secondary N) is 2. The highest BCUT2D eigenvalue weighted by Gasteiger charge is 2.17. The maximum absolute atomic E-state index is 12.2. The third-order valence-corrected chi connectivity index (χ3v) is 4.36. The first-order valence-corrected chi connectivity index (χ1v) is 7.51. The van der Waals surface area contributed by atoms with Gasteiger partial charge in [-0.15, -0.1) is 0 Å². The fraction of sp³-hybridized carbons (Fsp3) is 0.471. The summed E-state index contributed by atoms with van der Waals surface area (Å²) >= 11 is 0. The molecule has 106 valence electrons. The van der Waals surface area contributed by atoms with E-state index in [4.69, 9.17) is 0 Å². The molecule has 0 unspecified atom stereocenters. The minimum atomic E-state index is 0.0187. The van der Waals surface area contributed by atoms with Gasteiger partial charge < -0.3 is 10.3 Å². The minimum Gasteiger partial charge on any atom is -0.351 e. The van der Waals surface area contributed by atoms with E-state index >= 15 is 0 Å². The molecule has 1 aromatic heterocycles. The van der Waals surface area contributed by atoms with Gasteiger partial charge in [0.15, 0.2) is 0 Å². The minimum absolute atomic E-state index is 0.0187. The first-order chi connectivity index (χ1) is 9.63. The Bertz CT molecular complexity index is 636. The number of rotatable bonds is 3. The molecule has 3 rings (SSSR count). The second-order valence-corrected chi connectivity index (χ2v) is 6.09. The molecule has 1 aliphatic rings. The summed E-state index contributed by atoms with van der Waals surface area (Å²) in [6.07, 6.45) is 5.13. The van der Waals surface area contributed by atoms with Gasteiger partial charge in [-0.3, -0.25) is 4.79 Å². The summed E-state index contributed by atoms with van der Waals surface area (Å²) in [7, 11) is 0. The van der Waals surface area contributed by atoms with E-state index in [-0.39, 0.29) is 5.91 Å². The Balaban J connectivity index is 1.75. The topological polar surface area (TPSA) is 44.9 Å². The number of aromatic amines is 1. The predicted octanol–water partition coefficient (Wildman–Crippen LogP) is 3.70. The van der Waals surface area contributed by atoms with Crippen LogP contribution in [0.15, 0.2) is 18.2 Å². The lowest BCUT2D eigenvalue weighted by Gasteiger charge is -2.09. The number of carbonyl (C=O) groups excluding carboxylic acids is 1. The zero-order valence-corrected chi connectivity index (χ0v) is 12.3.